The second-order valence-corrected chi connectivity index (χ2v) is 7.18. The molecule has 0 saturated carbocycles. The number of nitrogens with zero attached hydrogens (tertiary/aromatic N) is 1. The molecule has 26 heavy (non-hydrogen) atoms. The molecule has 1 amide bonds. The molecular formula is C17H15BrCl2F2N2O2. The zero-order chi connectivity index (χ0) is 19.3. The largest absolute Gasteiger partial charge is 0.434 e. The van der Waals surface area contributed by atoms with Gasteiger partial charge in [0.1, 0.15) is 5.75 Å². The number of ether oxygens (including phenoxy) is 1. The number of para-hydroxylation sites is 1. The minimum Gasteiger partial charge on any atom is -0.434 e. The summed E-state index contributed by atoms with van der Waals surface area (Å²) in [6.07, 6.45) is 0. The fraction of sp³-hybridized carbons (Fsp3) is 0.235. The van der Waals surface area contributed by atoms with Gasteiger partial charge in [-0.25, -0.2) is 0 Å². The molecule has 140 valence electrons. The number of amides is 1. The molecule has 2 rings (SSSR count). The van der Waals surface area contributed by atoms with Gasteiger partial charge in [-0.15, -0.1) is 0 Å². The summed E-state index contributed by atoms with van der Waals surface area (Å²) in [7, 11) is 1.68. The molecule has 2 aromatic rings. The molecule has 0 aromatic heterocycles. The van der Waals surface area contributed by atoms with Crippen LogP contribution < -0.4 is 10.1 Å². The van der Waals surface area contributed by atoms with E-state index in [4.69, 9.17) is 23.2 Å². The van der Waals surface area contributed by atoms with Gasteiger partial charge in [0.25, 0.3) is 0 Å². The van der Waals surface area contributed by atoms with Crippen LogP contribution in [0.2, 0.25) is 10.0 Å². The van der Waals surface area contributed by atoms with Gasteiger partial charge in [0.2, 0.25) is 5.91 Å². The Morgan fingerprint density at radius 2 is 1.92 bits per heavy atom. The van der Waals surface area contributed by atoms with Crippen molar-refractivity contribution in [2.24, 2.45) is 0 Å². The molecule has 0 aliphatic carbocycles. The van der Waals surface area contributed by atoms with Gasteiger partial charge in [0.05, 0.1) is 22.3 Å². The van der Waals surface area contributed by atoms with E-state index in [1.54, 1.807) is 42.3 Å². The van der Waals surface area contributed by atoms with Crippen LogP contribution in [0.25, 0.3) is 0 Å². The van der Waals surface area contributed by atoms with Crippen molar-refractivity contribution in [1.29, 1.82) is 0 Å². The minimum absolute atomic E-state index is 0.00217. The Hall–Kier alpha value is -1.41. The first kappa shape index (κ1) is 20.9. The Morgan fingerprint density at radius 1 is 1.27 bits per heavy atom. The Kier molecular flexibility index (Phi) is 7.64. The molecule has 0 saturated heterocycles. The van der Waals surface area contributed by atoms with Gasteiger partial charge in [0, 0.05) is 16.6 Å². The quantitative estimate of drug-likeness (QED) is 0.590. The Balaban J connectivity index is 2.03. The molecular weight excluding hydrogens is 453 g/mol. The highest BCUT2D eigenvalue weighted by molar-refractivity contribution is 9.10. The molecule has 0 aliphatic rings. The average molecular weight is 468 g/mol. The third-order valence-corrected chi connectivity index (χ3v) is 4.44. The van der Waals surface area contributed by atoms with E-state index >= 15 is 0 Å². The first-order chi connectivity index (χ1) is 12.3. The molecule has 0 radical (unpaired) electrons. The van der Waals surface area contributed by atoms with E-state index in [-0.39, 0.29) is 24.7 Å². The van der Waals surface area contributed by atoms with Crippen LogP contribution in [0.1, 0.15) is 5.56 Å². The number of alkyl halides is 2. The monoisotopic (exact) mass is 466 g/mol. The lowest BCUT2D eigenvalue weighted by Gasteiger charge is -2.19. The standard InChI is InChI=1S/C17H15BrCl2F2N2O2/c1-24(8-10-7-11(18)5-6-14(10)26-17(21)22)9-15(25)23-16-12(19)3-2-4-13(16)20/h2-7,17H,8-9H2,1H3,(H,23,25). The van der Waals surface area contributed by atoms with E-state index < -0.39 is 6.61 Å². The number of carbonyl (C=O) groups excluding carboxylic acids is 1. The maximum atomic E-state index is 12.5. The molecule has 0 fully saturated rings. The summed E-state index contributed by atoms with van der Waals surface area (Å²) in [5, 5.41) is 3.30. The van der Waals surface area contributed by atoms with Crippen LogP contribution in [0, 0.1) is 0 Å². The lowest BCUT2D eigenvalue weighted by Crippen LogP contribution is -2.30. The van der Waals surface area contributed by atoms with Gasteiger partial charge in [-0.05, 0) is 37.4 Å². The van der Waals surface area contributed by atoms with Crippen LogP contribution in [0.15, 0.2) is 40.9 Å². The summed E-state index contributed by atoms with van der Waals surface area (Å²) in [5.74, 6) is -0.279. The van der Waals surface area contributed by atoms with Gasteiger partial charge in [-0.1, -0.05) is 45.2 Å². The number of carbonyl (C=O) groups is 1. The summed E-state index contributed by atoms with van der Waals surface area (Å²) in [4.78, 5) is 13.9. The van der Waals surface area contributed by atoms with Crippen LogP contribution in [0.5, 0.6) is 5.75 Å². The fourth-order valence-electron chi connectivity index (χ4n) is 2.27. The second-order valence-electron chi connectivity index (χ2n) is 5.45. The van der Waals surface area contributed by atoms with Gasteiger partial charge in [0.15, 0.2) is 0 Å². The molecule has 0 aliphatic heterocycles. The Morgan fingerprint density at radius 3 is 2.54 bits per heavy atom. The van der Waals surface area contributed by atoms with E-state index in [0.717, 1.165) is 4.47 Å². The molecule has 0 heterocycles. The van der Waals surface area contributed by atoms with E-state index in [2.05, 4.69) is 26.0 Å². The van der Waals surface area contributed by atoms with Crippen molar-refractivity contribution < 1.29 is 18.3 Å². The third kappa shape index (κ3) is 6.09. The van der Waals surface area contributed by atoms with Gasteiger partial charge < -0.3 is 10.1 Å². The van der Waals surface area contributed by atoms with Crippen LogP contribution in [0.3, 0.4) is 0 Å². The molecule has 2 aromatic carbocycles. The Labute approximate surface area is 168 Å². The molecule has 0 unspecified atom stereocenters. The van der Waals surface area contributed by atoms with Gasteiger partial charge in [-0.2, -0.15) is 8.78 Å². The second kappa shape index (κ2) is 9.50. The van der Waals surface area contributed by atoms with Crippen molar-refractivity contribution >= 4 is 50.7 Å². The molecule has 0 bridgehead atoms. The van der Waals surface area contributed by atoms with Crippen molar-refractivity contribution in [3.63, 3.8) is 0 Å². The van der Waals surface area contributed by atoms with Crippen molar-refractivity contribution in [3.8, 4) is 5.75 Å². The summed E-state index contributed by atoms with van der Waals surface area (Å²) >= 11 is 15.3. The maximum absolute atomic E-state index is 12.5. The van der Waals surface area contributed by atoms with Gasteiger partial charge in [-0.3, -0.25) is 9.69 Å². The summed E-state index contributed by atoms with van der Waals surface area (Å²) in [6.45, 7) is -2.70. The minimum atomic E-state index is -2.93. The van der Waals surface area contributed by atoms with Crippen LogP contribution >= 0.6 is 39.1 Å². The third-order valence-electron chi connectivity index (χ3n) is 3.32. The number of halogens is 5. The van der Waals surface area contributed by atoms with Crippen molar-refractivity contribution in [2.75, 3.05) is 18.9 Å². The first-order valence-electron chi connectivity index (χ1n) is 7.42. The lowest BCUT2D eigenvalue weighted by molar-refractivity contribution is -0.117. The number of hydrogen-bond acceptors (Lipinski definition) is 3. The van der Waals surface area contributed by atoms with Crippen molar-refractivity contribution in [1.82, 2.24) is 4.90 Å². The van der Waals surface area contributed by atoms with E-state index in [1.807, 2.05) is 0 Å². The van der Waals surface area contributed by atoms with Crippen LogP contribution in [-0.4, -0.2) is 31.0 Å². The summed E-state index contributed by atoms with van der Waals surface area (Å²) in [5.41, 5.74) is 0.851. The normalized spacial score (nSPS) is 11.1. The van der Waals surface area contributed by atoms with Gasteiger partial charge >= 0.3 is 6.61 Å². The van der Waals surface area contributed by atoms with E-state index in [9.17, 15) is 13.6 Å². The number of rotatable bonds is 7. The summed E-state index contributed by atoms with van der Waals surface area (Å²) in [6, 6.07) is 9.61. The van der Waals surface area contributed by atoms with Crippen LogP contribution in [-0.2, 0) is 11.3 Å². The number of likely N-dealkylation sites (N-methyl/N-ethyl adjacent to an activating group) is 1. The zero-order valence-electron chi connectivity index (χ0n) is 13.6. The van der Waals surface area contributed by atoms with Crippen molar-refractivity contribution in [3.05, 3.63) is 56.5 Å². The highest BCUT2D eigenvalue weighted by Crippen LogP contribution is 2.30. The fourth-order valence-corrected chi connectivity index (χ4v) is 3.17. The van der Waals surface area contributed by atoms with Crippen LogP contribution in [0.4, 0.5) is 14.5 Å². The highest BCUT2D eigenvalue weighted by atomic mass is 79.9. The maximum Gasteiger partial charge on any atom is 0.387 e. The first-order valence-corrected chi connectivity index (χ1v) is 8.97. The highest BCUT2D eigenvalue weighted by Gasteiger charge is 2.15. The van der Waals surface area contributed by atoms with E-state index in [1.165, 1.54) is 6.07 Å². The molecule has 4 nitrogen and oxygen atoms in total. The molecule has 9 heteroatoms. The number of benzene rings is 2. The number of hydrogen-bond donors (Lipinski definition) is 1. The lowest BCUT2D eigenvalue weighted by atomic mass is 10.2. The number of anilines is 1. The molecule has 0 atom stereocenters. The predicted octanol–water partition coefficient (Wildman–Crippen LogP) is 5.43. The molecule has 1 N–H and O–H groups in total. The molecule has 0 spiro atoms. The zero-order valence-corrected chi connectivity index (χ0v) is 16.7. The van der Waals surface area contributed by atoms with Crippen molar-refractivity contribution in [2.45, 2.75) is 13.2 Å². The Bertz CT molecular complexity index is 773. The topological polar surface area (TPSA) is 41.6 Å². The summed E-state index contributed by atoms with van der Waals surface area (Å²) < 4.78 is 30.3. The predicted molar refractivity (Wildman–Crippen MR) is 102 cm³/mol. The smallest absolute Gasteiger partial charge is 0.387 e. The number of nitrogens with one attached hydrogen (secondary N) is 1. The van der Waals surface area contributed by atoms with E-state index in [0.29, 0.717) is 21.3 Å². The SMILES string of the molecule is CN(CC(=O)Nc1c(Cl)cccc1Cl)Cc1cc(Br)ccc1OC(F)F. The average Bonchev–Trinajstić information content (AvgIpc) is 2.53.